The van der Waals surface area contributed by atoms with E-state index >= 15 is 0 Å². The third-order valence-electron chi connectivity index (χ3n) is 6.82. The highest BCUT2D eigenvalue weighted by molar-refractivity contribution is 8.14. The number of carbonyl (C=O) groups is 2. The fraction of sp³-hybridized carbons (Fsp3) is 0.880. The minimum Gasteiger partial charge on any atom is -0.388 e. The molecule has 0 spiro atoms. The van der Waals surface area contributed by atoms with Crippen LogP contribution in [0.3, 0.4) is 0 Å². The Kier molecular flexibility index (Phi) is 14.8. The number of hydrogen-bond donors (Lipinski definition) is 6. The second-order valence-corrected chi connectivity index (χ2v) is 10.8. The van der Waals surface area contributed by atoms with Crippen LogP contribution in [0.15, 0.2) is 4.99 Å². The van der Waals surface area contributed by atoms with Crippen LogP contribution in [0.4, 0.5) is 0 Å². The first-order valence-corrected chi connectivity index (χ1v) is 14.7. The third kappa shape index (κ3) is 10.3. The molecular formula is C25H47N5O6S. The lowest BCUT2D eigenvalue weighted by Crippen LogP contribution is -2.65. The van der Waals surface area contributed by atoms with E-state index in [1.165, 1.54) is 16.7 Å². The maximum atomic E-state index is 12.1. The summed E-state index contributed by atoms with van der Waals surface area (Å²) in [6.45, 7) is 7.42. The Hall–Kier alpha value is -1.44. The summed E-state index contributed by atoms with van der Waals surface area (Å²) < 4.78 is 0. The van der Waals surface area contributed by atoms with Gasteiger partial charge in [-0.1, -0.05) is 51.3 Å². The normalized spacial score (nSPS) is 26.5. The first kappa shape index (κ1) is 31.8. The Balaban J connectivity index is 1.87. The monoisotopic (exact) mass is 545 g/mol. The van der Waals surface area contributed by atoms with Crippen molar-refractivity contribution in [3.8, 4) is 0 Å². The molecular weight excluding hydrogens is 498 g/mol. The van der Waals surface area contributed by atoms with Crippen molar-refractivity contribution in [2.24, 2.45) is 4.99 Å². The minimum atomic E-state index is -1.48. The fourth-order valence-electron chi connectivity index (χ4n) is 4.50. The van der Waals surface area contributed by atoms with Crippen LogP contribution >= 0.6 is 11.8 Å². The molecule has 214 valence electrons. The first-order valence-electron chi connectivity index (χ1n) is 13.7. The van der Waals surface area contributed by atoms with Crippen molar-refractivity contribution in [3.63, 3.8) is 0 Å². The Morgan fingerprint density at radius 1 is 0.892 bits per heavy atom. The first-order chi connectivity index (χ1) is 17.8. The number of nitrogens with one attached hydrogen (secondary N) is 2. The zero-order valence-corrected chi connectivity index (χ0v) is 23.2. The molecule has 0 aromatic carbocycles. The number of rotatable bonds is 17. The topological polar surface area (TPSA) is 158 Å². The summed E-state index contributed by atoms with van der Waals surface area (Å²) in [7, 11) is 0. The van der Waals surface area contributed by atoms with E-state index in [1.54, 1.807) is 0 Å². The van der Waals surface area contributed by atoms with Gasteiger partial charge in [0.2, 0.25) is 11.8 Å². The summed E-state index contributed by atoms with van der Waals surface area (Å²) in [6, 6.07) is -0.515. The van der Waals surface area contributed by atoms with E-state index in [9.17, 15) is 30.0 Å². The van der Waals surface area contributed by atoms with Crippen molar-refractivity contribution in [3.05, 3.63) is 0 Å². The second kappa shape index (κ2) is 17.2. The van der Waals surface area contributed by atoms with Crippen LogP contribution in [-0.4, -0.2) is 123 Å². The molecule has 2 saturated heterocycles. The van der Waals surface area contributed by atoms with E-state index in [4.69, 9.17) is 0 Å². The molecule has 5 unspecified atom stereocenters. The Morgan fingerprint density at radius 2 is 1.46 bits per heavy atom. The number of nitrogens with zero attached hydrogens (tertiary/aromatic N) is 3. The summed E-state index contributed by atoms with van der Waals surface area (Å²) in [5, 5.41) is 47.2. The van der Waals surface area contributed by atoms with Crippen LogP contribution in [0.5, 0.6) is 0 Å². The number of hydrogen-bond acceptors (Lipinski definition) is 9. The molecule has 2 amide bonds. The largest absolute Gasteiger partial charge is 0.388 e. The van der Waals surface area contributed by atoms with Gasteiger partial charge in [-0.3, -0.25) is 19.5 Å². The predicted molar refractivity (Wildman–Crippen MR) is 145 cm³/mol. The molecule has 2 aliphatic heterocycles. The molecule has 2 heterocycles. The van der Waals surface area contributed by atoms with E-state index in [-0.39, 0.29) is 11.8 Å². The lowest BCUT2D eigenvalue weighted by Gasteiger charge is -2.44. The lowest BCUT2D eigenvalue weighted by atomic mass is 9.94. The van der Waals surface area contributed by atoms with E-state index in [1.807, 2.05) is 0 Å². The number of fused-ring (bicyclic) bond motifs is 1. The number of aliphatic hydroxyl groups is 4. The number of amidine groups is 1. The van der Waals surface area contributed by atoms with Gasteiger partial charge in [-0.05, 0) is 12.8 Å². The fourth-order valence-corrected chi connectivity index (χ4v) is 5.76. The van der Waals surface area contributed by atoms with Gasteiger partial charge in [0, 0.05) is 51.3 Å². The van der Waals surface area contributed by atoms with Crippen LogP contribution < -0.4 is 10.6 Å². The molecule has 0 aromatic heterocycles. The highest BCUT2D eigenvalue weighted by Gasteiger charge is 2.51. The SMILES string of the molecule is CCCCCC(=O)NCCN(CCN=C1SCC2C(O)C(O)C(O)C(O)N12)CCNC(=O)CCCCC. The van der Waals surface area contributed by atoms with Crippen LogP contribution in [0.1, 0.15) is 65.2 Å². The average molecular weight is 546 g/mol. The van der Waals surface area contributed by atoms with Crippen molar-refractivity contribution in [1.29, 1.82) is 0 Å². The number of amides is 2. The molecule has 0 radical (unpaired) electrons. The summed E-state index contributed by atoms with van der Waals surface area (Å²) >= 11 is 1.37. The zero-order chi connectivity index (χ0) is 27.2. The number of carbonyl (C=O) groups excluding carboxylic acids is 2. The predicted octanol–water partition coefficient (Wildman–Crippen LogP) is -0.130. The molecule has 0 saturated carbocycles. The van der Waals surface area contributed by atoms with Crippen LogP contribution in [0, 0.1) is 0 Å². The van der Waals surface area contributed by atoms with E-state index in [2.05, 4.69) is 34.4 Å². The summed E-state index contributed by atoms with van der Waals surface area (Å²) in [4.78, 5) is 32.3. The molecule has 0 bridgehead atoms. The highest BCUT2D eigenvalue weighted by Crippen LogP contribution is 2.34. The Bertz CT molecular complexity index is 702. The number of aliphatic imine (C=N–C) groups is 1. The Morgan fingerprint density at radius 3 is 2.00 bits per heavy atom. The van der Waals surface area contributed by atoms with Crippen molar-refractivity contribution >= 4 is 28.7 Å². The lowest BCUT2D eigenvalue weighted by molar-refractivity contribution is -0.190. The molecule has 37 heavy (non-hydrogen) atoms. The van der Waals surface area contributed by atoms with E-state index < -0.39 is 30.6 Å². The van der Waals surface area contributed by atoms with Crippen molar-refractivity contribution in [1.82, 2.24) is 20.4 Å². The Labute approximate surface area is 225 Å². The van der Waals surface area contributed by atoms with Gasteiger partial charge in [-0.15, -0.1) is 0 Å². The van der Waals surface area contributed by atoms with E-state index in [0.717, 1.165) is 38.5 Å². The molecule has 0 aromatic rings. The van der Waals surface area contributed by atoms with Gasteiger partial charge in [0.25, 0.3) is 0 Å². The van der Waals surface area contributed by atoms with Gasteiger partial charge < -0.3 is 36.0 Å². The van der Waals surface area contributed by atoms with Gasteiger partial charge in [-0.25, -0.2) is 0 Å². The number of aliphatic hydroxyl groups excluding tert-OH is 4. The third-order valence-corrected chi connectivity index (χ3v) is 7.93. The van der Waals surface area contributed by atoms with Crippen molar-refractivity contribution < 1.29 is 30.0 Å². The van der Waals surface area contributed by atoms with Crippen molar-refractivity contribution in [2.75, 3.05) is 45.0 Å². The maximum Gasteiger partial charge on any atom is 0.220 e. The molecule has 2 fully saturated rings. The highest BCUT2D eigenvalue weighted by atomic mass is 32.2. The maximum absolute atomic E-state index is 12.1. The molecule has 6 N–H and O–H groups in total. The molecule has 0 aliphatic carbocycles. The molecule has 11 nitrogen and oxygen atoms in total. The second-order valence-electron chi connectivity index (χ2n) is 9.79. The summed E-state index contributed by atoms with van der Waals surface area (Å²) in [5.74, 6) is 0.549. The minimum absolute atomic E-state index is 0.0460. The van der Waals surface area contributed by atoms with Crippen LogP contribution in [-0.2, 0) is 9.59 Å². The van der Waals surface area contributed by atoms with Gasteiger partial charge in [0.05, 0.1) is 12.6 Å². The average Bonchev–Trinajstić information content (AvgIpc) is 3.30. The standard InChI is InChI=1S/C25H47N5O6S/c1-3-5-7-9-19(31)26-11-14-29(15-12-27-20(32)10-8-6-4-2)16-13-28-25-30-18(17-37-25)21(33)22(34)23(35)24(30)36/h18,21-24,33-36H,3-17H2,1-2H3,(H,26,31)(H,27,32). The number of unbranched alkanes of at least 4 members (excludes halogenated alkanes) is 4. The van der Waals surface area contributed by atoms with Gasteiger partial charge >= 0.3 is 0 Å². The smallest absolute Gasteiger partial charge is 0.220 e. The van der Waals surface area contributed by atoms with Crippen LogP contribution in [0.2, 0.25) is 0 Å². The van der Waals surface area contributed by atoms with Gasteiger partial charge in [-0.2, -0.15) is 0 Å². The molecule has 2 rings (SSSR count). The number of piperidine rings is 1. The number of thioether (sulfide) groups is 1. The summed E-state index contributed by atoms with van der Waals surface area (Å²) in [5.41, 5.74) is 0. The molecule has 5 atom stereocenters. The van der Waals surface area contributed by atoms with Crippen molar-refractivity contribution in [2.45, 2.75) is 95.8 Å². The summed E-state index contributed by atoms with van der Waals surface area (Å²) in [6.07, 6.45) is 1.65. The quantitative estimate of drug-likeness (QED) is 0.137. The zero-order valence-electron chi connectivity index (χ0n) is 22.3. The molecule has 2 aliphatic rings. The molecule has 12 heteroatoms. The van der Waals surface area contributed by atoms with Gasteiger partial charge in [0.1, 0.15) is 18.3 Å². The van der Waals surface area contributed by atoms with Gasteiger partial charge in [0.15, 0.2) is 11.4 Å². The van der Waals surface area contributed by atoms with Crippen LogP contribution in [0.25, 0.3) is 0 Å². The van der Waals surface area contributed by atoms with E-state index in [0.29, 0.717) is 63.0 Å².